The van der Waals surface area contributed by atoms with E-state index in [-0.39, 0.29) is 11.4 Å². The van der Waals surface area contributed by atoms with Crippen molar-refractivity contribution in [2.24, 2.45) is 29.1 Å². The zero-order valence-electron chi connectivity index (χ0n) is 17.1. The quantitative estimate of drug-likeness (QED) is 0.607. The Kier molecular flexibility index (Phi) is 4.08. The molecule has 2 saturated heterocycles. The Morgan fingerprint density at radius 2 is 2.15 bits per heavy atom. The van der Waals surface area contributed by atoms with E-state index < -0.39 is 5.60 Å². The van der Waals surface area contributed by atoms with Crippen molar-refractivity contribution in [3.8, 4) is 0 Å². The number of nitrogens with zero attached hydrogens (tertiary/aromatic N) is 1. The van der Waals surface area contributed by atoms with Crippen molar-refractivity contribution in [3.63, 3.8) is 0 Å². The molecule has 0 unspecified atom stereocenters. The largest absolute Gasteiger partial charge is 0.469 e. The zero-order valence-corrected chi connectivity index (χ0v) is 17.1. The number of esters is 1. The maximum atomic E-state index is 12.1. The highest BCUT2D eigenvalue weighted by Crippen LogP contribution is 2.67. The molecule has 4 fully saturated rings. The van der Waals surface area contributed by atoms with E-state index in [9.17, 15) is 9.90 Å². The van der Waals surface area contributed by atoms with Gasteiger partial charge in [-0.1, -0.05) is 18.6 Å². The smallest absolute Gasteiger partial charge is 0.305 e. The number of hydrogen-bond acceptors (Lipinski definition) is 4. The van der Waals surface area contributed by atoms with Gasteiger partial charge < -0.3 is 9.84 Å². The van der Waals surface area contributed by atoms with Gasteiger partial charge in [-0.3, -0.25) is 9.69 Å². The van der Waals surface area contributed by atoms with Crippen LogP contribution in [0.1, 0.15) is 65.2 Å². The summed E-state index contributed by atoms with van der Waals surface area (Å²) in [7, 11) is 1.48. The summed E-state index contributed by atoms with van der Waals surface area (Å²) in [5, 5.41) is 12.1. The third-order valence-electron chi connectivity index (χ3n) is 9.49. The Morgan fingerprint density at radius 1 is 1.33 bits per heavy atom. The molecule has 0 bridgehead atoms. The van der Waals surface area contributed by atoms with E-state index in [1.807, 2.05) is 0 Å². The summed E-state index contributed by atoms with van der Waals surface area (Å²) in [4.78, 5) is 14.8. The first-order valence-electron chi connectivity index (χ1n) is 11.2. The highest BCUT2D eigenvalue weighted by atomic mass is 16.5. The van der Waals surface area contributed by atoms with Gasteiger partial charge in [-0.25, -0.2) is 0 Å². The van der Waals surface area contributed by atoms with Crippen LogP contribution in [0.15, 0.2) is 11.6 Å². The number of rotatable bonds is 3. The van der Waals surface area contributed by atoms with Crippen LogP contribution in [-0.4, -0.2) is 47.3 Å². The fraction of sp³-hybridized carbons (Fsp3) is 0.870. The van der Waals surface area contributed by atoms with E-state index in [1.165, 1.54) is 32.8 Å². The minimum atomic E-state index is -0.708. The first kappa shape index (κ1) is 18.2. The number of allylic oxidation sites excluding steroid dienone is 1. The molecular formula is C23H35NO3. The predicted molar refractivity (Wildman–Crippen MR) is 104 cm³/mol. The maximum Gasteiger partial charge on any atom is 0.305 e. The molecule has 0 aromatic heterocycles. The van der Waals surface area contributed by atoms with E-state index in [2.05, 4.69) is 24.8 Å². The van der Waals surface area contributed by atoms with Gasteiger partial charge in [0.1, 0.15) is 0 Å². The van der Waals surface area contributed by atoms with Crippen LogP contribution >= 0.6 is 0 Å². The van der Waals surface area contributed by atoms with Crippen LogP contribution in [0.4, 0.5) is 0 Å². The number of piperidine rings is 1. The molecule has 2 heterocycles. The van der Waals surface area contributed by atoms with Gasteiger partial charge in [0.25, 0.3) is 0 Å². The summed E-state index contributed by atoms with van der Waals surface area (Å²) in [6.07, 6.45) is 10.8. The van der Waals surface area contributed by atoms with Crippen molar-refractivity contribution in [1.82, 2.24) is 4.90 Å². The summed E-state index contributed by atoms with van der Waals surface area (Å²) in [6, 6.07) is 0.858. The molecule has 4 nitrogen and oxygen atoms in total. The summed E-state index contributed by atoms with van der Waals surface area (Å²) < 4.78 is 4.97. The number of aliphatic hydroxyl groups is 1. The third-order valence-corrected chi connectivity index (χ3v) is 9.49. The van der Waals surface area contributed by atoms with Crippen molar-refractivity contribution in [2.75, 3.05) is 13.7 Å². The molecule has 4 heteroatoms. The summed E-state index contributed by atoms with van der Waals surface area (Å²) in [6.45, 7) is 5.70. The van der Waals surface area contributed by atoms with Crippen molar-refractivity contribution in [2.45, 2.75) is 82.9 Å². The lowest BCUT2D eigenvalue weighted by Gasteiger charge is -2.63. The molecule has 0 amide bonds. The van der Waals surface area contributed by atoms with Crippen LogP contribution in [0.25, 0.3) is 0 Å². The topological polar surface area (TPSA) is 49.8 Å². The Morgan fingerprint density at radius 3 is 2.93 bits per heavy atom. The SMILES string of the molecule is COC(=O)CC[C@@]12CC[C@@H]3[C@H](C)CN([C@@H]31)[C@H]1C3=CCC[C@@H]3CC[C@@H]1[C@]2(C)O. The number of hydrogen-bond donors (Lipinski definition) is 1. The first-order valence-corrected chi connectivity index (χ1v) is 11.2. The Bertz CT molecular complexity index is 671. The van der Waals surface area contributed by atoms with Crippen LogP contribution in [0, 0.1) is 29.1 Å². The van der Waals surface area contributed by atoms with Gasteiger partial charge >= 0.3 is 5.97 Å². The van der Waals surface area contributed by atoms with E-state index in [1.54, 1.807) is 5.57 Å². The average Bonchev–Trinajstić information content (AvgIpc) is 3.34. The lowest BCUT2D eigenvalue weighted by atomic mass is 9.52. The highest BCUT2D eigenvalue weighted by molar-refractivity contribution is 5.69. The molecule has 0 aromatic rings. The molecule has 2 saturated carbocycles. The standard InChI is InChI=1S/C23H35NO3/c1-14-13-24-20-17-6-4-5-15(17)7-8-18(20)22(2,26)23(12-10-19(25)27-3)11-9-16(14)21(23)24/h6,14-16,18,20-21,26H,4-5,7-13H2,1-3H3/t14-,15-,16-,18+,20+,21+,22+,23+/m1/s1. The van der Waals surface area contributed by atoms with Crippen molar-refractivity contribution >= 4 is 5.97 Å². The van der Waals surface area contributed by atoms with Crippen molar-refractivity contribution in [1.29, 1.82) is 0 Å². The highest BCUT2D eigenvalue weighted by Gasteiger charge is 2.70. The molecule has 2 aliphatic heterocycles. The molecule has 5 aliphatic rings. The number of carbonyl (C=O) groups excluding carboxylic acids is 1. The summed E-state index contributed by atoms with van der Waals surface area (Å²) in [5.74, 6) is 2.27. The number of ether oxygens (including phenoxy) is 1. The minimum absolute atomic E-state index is 0.134. The van der Waals surface area contributed by atoms with Gasteiger partial charge in [0, 0.05) is 36.4 Å². The van der Waals surface area contributed by atoms with E-state index in [4.69, 9.17) is 4.74 Å². The second-order valence-corrected chi connectivity index (χ2v) is 10.3. The molecule has 150 valence electrons. The van der Waals surface area contributed by atoms with Crippen molar-refractivity contribution in [3.05, 3.63) is 11.6 Å². The molecule has 0 spiro atoms. The fourth-order valence-electron chi connectivity index (χ4n) is 8.28. The predicted octanol–water partition coefficient (Wildman–Crippen LogP) is 3.54. The van der Waals surface area contributed by atoms with Gasteiger partial charge in [0.2, 0.25) is 0 Å². The Labute approximate surface area is 163 Å². The Balaban J connectivity index is 1.58. The first-order chi connectivity index (χ1) is 12.9. The fourth-order valence-corrected chi connectivity index (χ4v) is 8.28. The van der Waals surface area contributed by atoms with Crippen LogP contribution in [-0.2, 0) is 9.53 Å². The molecule has 8 atom stereocenters. The lowest BCUT2D eigenvalue weighted by Crippen LogP contribution is -2.71. The van der Waals surface area contributed by atoms with Crippen LogP contribution in [0.5, 0.6) is 0 Å². The van der Waals surface area contributed by atoms with Crippen LogP contribution in [0.2, 0.25) is 0 Å². The third kappa shape index (κ3) is 2.26. The van der Waals surface area contributed by atoms with Crippen molar-refractivity contribution < 1.29 is 14.6 Å². The van der Waals surface area contributed by atoms with Gasteiger partial charge in [-0.05, 0) is 69.6 Å². The molecule has 0 aromatic carbocycles. The van der Waals surface area contributed by atoms with Gasteiger partial charge in [-0.15, -0.1) is 0 Å². The molecular weight excluding hydrogens is 338 g/mol. The molecule has 5 rings (SSSR count). The van der Waals surface area contributed by atoms with Crippen LogP contribution < -0.4 is 0 Å². The number of fused-ring (bicyclic) bond motifs is 4. The number of methoxy groups -OCH3 is 1. The van der Waals surface area contributed by atoms with E-state index >= 15 is 0 Å². The molecule has 3 aliphatic carbocycles. The normalized spacial score (nSPS) is 50.7. The van der Waals surface area contributed by atoms with Gasteiger partial charge in [0.15, 0.2) is 0 Å². The lowest BCUT2D eigenvalue weighted by molar-refractivity contribution is -0.203. The monoisotopic (exact) mass is 373 g/mol. The molecule has 27 heavy (non-hydrogen) atoms. The second kappa shape index (κ2) is 6.06. The zero-order chi connectivity index (χ0) is 19.0. The van der Waals surface area contributed by atoms with E-state index in [0.29, 0.717) is 36.3 Å². The van der Waals surface area contributed by atoms with Gasteiger partial charge in [0.05, 0.1) is 12.7 Å². The van der Waals surface area contributed by atoms with E-state index in [0.717, 1.165) is 31.7 Å². The molecule has 1 N–H and O–H groups in total. The molecule has 0 radical (unpaired) electrons. The summed E-state index contributed by atoms with van der Waals surface area (Å²) >= 11 is 0. The van der Waals surface area contributed by atoms with Crippen LogP contribution in [0.3, 0.4) is 0 Å². The maximum absolute atomic E-state index is 12.1. The average molecular weight is 374 g/mol. The minimum Gasteiger partial charge on any atom is -0.469 e. The Hall–Kier alpha value is -0.870. The number of carbonyl (C=O) groups is 1. The second-order valence-electron chi connectivity index (χ2n) is 10.3. The summed E-state index contributed by atoms with van der Waals surface area (Å²) in [5.41, 5.74) is 0.775. The van der Waals surface area contributed by atoms with Gasteiger partial charge in [-0.2, -0.15) is 0 Å².